The van der Waals surface area contributed by atoms with E-state index in [1.54, 1.807) is 25.3 Å². The number of amides is 1. The molecule has 1 amide bonds. The van der Waals surface area contributed by atoms with Crippen LogP contribution in [0.15, 0.2) is 18.2 Å². The highest BCUT2D eigenvalue weighted by Crippen LogP contribution is 2.26. The van der Waals surface area contributed by atoms with Crippen LogP contribution in [0.2, 0.25) is 0 Å². The second-order valence-corrected chi connectivity index (χ2v) is 5.42. The predicted molar refractivity (Wildman–Crippen MR) is 90.2 cm³/mol. The molecule has 2 rings (SSSR count). The minimum absolute atomic E-state index is 0. The van der Waals surface area contributed by atoms with Crippen LogP contribution in [0.1, 0.15) is 28.8 Å². The van der Waals surface area contributed by atoms with Gasteiger partial charge in [0.15, 0.2) is 0 Å². The third-order valence-corrected chi connectivity index (χ3v) is 4.12. The Hall–Kier alpha value is -1.63. The minimum Gasteiger partial charge on any atom is -0.465 e. The van der Waals surface area contributed by atoms with Gasteiger partial charge in [-0.3, -0.25) is 4.79 Å². The maximum Gasteiger partial charge on any atom is 0.337 e. The predicted octanol–water partition coefficient (Wildman–Crippen LogP) is 1.91. The van der Waals surface area contributed by atoms with Crippen molar-refractivity contribution in [2.75, 3.05) is 32.6 Å². The number of aryl methyl sites for hydroxylation is 1. The van der Waals surface area contributed by atoms with Gasteiger partial charge in [0.1, 0.15) is 5.60 Å². The fourth-order valence-electron chi connectivity index (χ4n) is 2.59. The van der Waals surface area contributed by atoms with E-state index >= 15 is 0 Å². The van der Waals surface area contributed by atoms with E-state index < -0.39 is 11.6 Å². The van der Waals surface area contributed by atoms with Gasteiger partial charge in [-0.25, -0.2) is 4.79 Å². The number of esters is 1. The molecule has 1 aromatic rings. The Morgan fingerprint density at radius 2 is 1.87 bits per heavy atom. The molecule has 1 aliphatic heterocycles. The molecule has 2 N–H and O–H groups in total. The molecule has 1 heterocycles. The van der Waals surface area contributed by atoms with Crippen molar-refractivity contribution < 1.29 is 19.1 Å². The van der Waals surface area contributed by atoms with Gasteiger partial charge in [-0.15, -0.1) is 12.4 Å². The number of hydrogen-bond donors (Lipinski definition) is 2. The molecular weight excluding hydrogens is 320 g/mol. The number of hydrogen-bond acceptors (Lipinski definition) is 5. The number of ether oxygens (including phenoxy) is 2. The zero-order chi connectivity index (χ0) is 16.2. The zero-order valence-corrected chi connectivity index (χ0v) is 14.4. The summed E-state index contributed by atoms with van der Waals surface area (Å²) >= 11 is 0. The van der Waals surface area contributed by atoms with Gasteiger partial charge in [-0.2, -0.15) is 0 Å². The van der Waals surface area contributed by atoms with E-state index in [2.05, 4.69) is 10.6 Å². The van der Waals surface area contributed by atoms with E-state index in [4.69, 9.17) is 9.47 Å². The highest BCUT2D eigenvalue weighted by molar-refractivity contribution is 5.99. The summed E-state index contributed by atoms with van der Waals surface area (Å²) in [5, 5.41) is 6.11. The first-order valence-corrected chi connectivity index (χ1v) is 7.29. The average molecular weight is 343 g/mol. The van der Waals surface area contributed by atoms with Crippen LogP contribution in [0.5, 0.6) is 0 Å². The van der Waals surface area contributed by atoms with Gasteiger partial charge >= 0.3 is 5.97 Å². The summed E-state index contributed by atoms with van der Waals surface area (Å²) in [5.74, 6) is -0.611. The summed E-state index contributed by atoms with van der Waals surface area (Å²) in [7, 11) is 2.89. The third-order valence-electron chi connectivity index (χ3n) is 4.12. The van der Waals surface area contributed by atoms with Crippen LogP contribution in [0.3, 0.4) is 0 Å². The van der Waals surface area contributed by atoms with Crippen molar-refractivity contribution in [2.24, 2.45) is 0 Å². The van der Waals surface area contributed by atoms with E-state index in [1.807, 2.05) is 6.92 Å². The van der Waals surface area contributed by atoms with Gasteiger partial charge < -0.3 is 20.1 Å². The smallest absolute Gasteiger partial charge is 0.337 e. The summed E-state index contributed by atoms with van der Waals surface area (Å²) in [4.78, 5) is 24.3. The number of piperidine rings is 1. The number of carbonyl (C=O) groups is 2. The Morgan fingerprint density at radius 3 is 2.43 bits per heavy atom. The van der Waals surface area contributed by atoms with Gasteiger partial charge in [0, 0.05) is 12.8 Å². The van der Waals surface area contributed by atoms with Gasteiger partial charge in [0.2, 0.25) is 0 Å². The molecule has 0 aliphatic carbocycles. The third kappa shape index (κ3) is 4.22. The zero-order valence-electron chi connectivity index (χ0n) is 13.6. The molecule has 1 saturated heterocycles. The molecule has 0 bridgehead atoms. The molecule has 1 aromatic carbocycles. The molecule has 0 aromatic heterocycles. The van der Waals surface area contributed by atoms with Gasteiger partial charge in [0.25, 0.3) is 5.91 Å². The lowest BCUT2D eigenvalue weighted by atomic mass is 9.91. The van der Waals surface area contributed by atoms with Gasteiger partial charge in [0.05, 0.1) is 12.7 Å². The Morgan fingerprint density at radius 1 is 1.22 bits per heavy atom. The van der Waals surface area contributed by atoms with E-state index in [9.17, 15) is 9.59 Å². The molecule has 6 nitrogen and oxygen atoms in total. The van der Waals surface area contributed by atoms with Crippen LogP contribution in [0, 0.1) is 6.92 Å². The first-order valence-electron chi connectivity index (χ1n) is 7.29. The number of halogens is 1. The average Bonchev–Trinajstić information content (AvgIpc) is 2.56. The first-order chi connectivity index (χ1) is 10.5. The lowest BCUT2D eigenvalue weighted by Crippen LogP contribution is -2.51. The topological polar surface area (TPSA) is 76.7 Å². The fraction of sp³-hybridized carbons (Fsp3) is 0.500. The van der Waals surface area contributed by atoms with Crippen LogP contribution >= 0.6 is 12.4 Å². The molecular formula is C16H23ClN2O4. The van der Waals surface area contributed by atoms with Crippen molar-refractivity contribution in [3.8, 4) is 0 Å². The van der Waals surface area contributed by atoms with Crippen molar-refractivity contribution >= 4 is 30.0 Å². The van der Waals surface area contributed by atoms with Crippen LogP contribution in [0.25, 0.3) is 0 Å². The Balaban J connectivity index is 0.00000264. The maximum absolute atomic E-state index is 12.6. The highest BCUT2D eigenvalue weighted by atomic mass is 35.5. The monoisotopic (exact) mass is 342 g/mol. The quantitative estimate of drug-likeness (QED) is 0.817. The van der Waals surface area contributed by atoms with Crippen molar-refractivity contribution in [3.05, 3.63) is 29.3 Å². The number of nitrogens with one attached hydrogen (secondary N) is 2. The Labute approximate surface area is 142 Å². The summed E-state index contributed by atoms with van der Waals surface area (Å²) in [6.07, 6.45) is 1.23. The molecule has 128 valence electrons. The number of rotatable bonds is 4. The van der Waals surface area contributed by atoms with Crippen molar-refractivity contribution in [1.29, 1.82) is 0 Å². The van der Waals surface area contributed by atoms with Gasteiger partial charge in [-0.05, 0) is 50.6 Å². The SMILES string of the molecule is COC(=O)c1ccc(C)c(NC(=O)C2(OC)CCNCC2)c1.Cl. The lowest BCUT2D eigenvalue weighted by Gasteiger charge is -2.34. The van der Waals surface area contributed by atoms with E-state index in [0.29, 0.717) is 24.1 Å². The summed E-state index contributed by atoms with van der Waals surface area (Å²) in [6, 6.07) is 5.08. The molecule has 23 heavy (non-hydrogen) atoms. The number of benzene rings is 1. The summed E-state index contributed by atoms with van der Waals surface area (Å²) < 4.78 is 10.2. The highest BCUT2D eigenvalue weighted by Gasteiger charge is 2.39. The fourth-order valence-corrected chi connectivity index (χ4v) is 2.59. The molecule has 0 saturated carbocycles. The van der Waals surface area contributed by atoms with Crippen LogP contribution in [-0.4, -0.2) is 44.8 Å². The molecule has 1 fully saturated rings. The maximum atomic E-state index is 12.6. The lowest BCUT2D eigenvalue weighted by molar-refractivity contribution is -0.140. The standard InChI is InChI=1S/C16H22N2O4.ClH/c1-11-4-5-12(14(19)21-2)10-13(11)18-15(20)16(22-3)6-8-17-9-7-16;/h4-5,10,17H,6-9H2,1-3H3,(H,18,20);1H. The summed E-state index contributed by atoms with van der Waals surface area (Å²) in [5.41, 5.74) is 1.06. The van der Waals surface area contributed by atoms with E-state index in [0.717, 1.165) is 18.7 Å². The minimum atomic E-state index is -0.820. The second kappa shape index (κ2) is 8.29. The second-order valence-electron chi connectivity index (χ2n) is 5.42. The largest absolute Gasteiger partial charge is 0.465 e. The van der Waals surface area contributed by atoms with Crippen molar-refractivity contribution in [2.45, 2.75) is 25.4 Å². The van der Waals surface area contributed by atoms with Crippen LogP contribution in [0.4, 0.5) is 5.69 Å². The number of methoxy groups -OCH3 is 2. The van der Waals surface area contributed by atoms with Gasteiger partial charge in [-0.1, -0.05) is 6.07 Å². The molecule has 7 heteroatoms. The van der Waals surface area contributed by atoms with Crippen molar-refractivity contribution in [1.82, 2.24) is 5.32 Å². The Bertz CT molecular complexity index is 571. The van der Waals surface area contributed by atoms with E-state index in [1.165, 1.54) is 7.11 Å². The molecule has 0 atom stereocenters. The molecule has 0 unspecified atom stereocenters. The summed E-state index contributed by atoms with van der Waals surface area (Å²) in [6.45, 7) is 3.35. The van der Waals surface area contributed by atoms with Crippen LogP contribution < -0.4 is 10.6 Å². The first kappa shape index (κ1) is 19.4. The Kier molecular flexibility index (Phi) is 7.00. The normalized spacial score (nSPS) is 16.1. The number of anilines is 1. The molecule has 1 aliphatic rings. The van der Waals surface area contributed by atoms with Crippen molar-refractivity contribution in [3.63, 3.8) is 0 Å². The molecule has 0 spiro atoms. The van der Waals surface area contributed by atoms with E-state index in [-0.39, 0.29) is 18.3 Å². The molecule has 0 radical (unpaired) electrons. The number of carbonyl (C=O) groups excluding carboxylic acids is 2. The van der Waals surface area contributed by atoms with Crippen LogP contribution in [-0.2, 0) is 14.3 Å².